The third-order valence-corrected chi connectivity index (χ3v) is 3.72. The minimum Gasteiger partial charge on any atom is -0.399 e. The first kappa shape index (κ1) is 12.8. The number of fused-ring (bicyclic) bond motifs is 1. The molecule has 0 fully saturated rings. The molecule has 20 heavy (non-hydrogen) atoms. The van der Waals surface area contributed by atoms with Gasteiger partial charge in [0.2, 0.25) is 0 Å². The van der Waals surface area contributed by atoms with Crippen LogP contribution in [0.15, 0.2) is 42.6 Å². The van der Waals surface area contributed by atoms with Crippen molar-refractivity contribution >= 4 is 34.0 Å². The second-order valence-electron chi connectivity index (χ2n) is 4.77. The van der Waals surface area contributed by atoms with E-state index in [4.69, 9.17) is 17.3 Å². The summed E-state index contributed by atoms with van der Waals surface area (Å²) >= 11 is 6.11. The molecule has 3 N–H and O–H groups in total. The number of aromatic nitrogens is 1. The molecule has 1 heterocycles. The Morgan fingerprint density at radius 2 is 2.00 bits per heavy atom. The lowest BCUT2D eigenvalue weighted by molar-refractivity contribution is 0.104. The minimum absolute atomic E-state index is 0.122. The minimum atomic E-state index is -0.122. The Labute approximate surface area is 121 Å². The Hall–Kier alpha value is -2.26. The van der Waals surface area contributed by atoms with Crippen LogP contribution in [0.25, 0.3) is 10.9 Å². The second-order valence-corrected chi connectivity index (χ2v) is 5.18. The maximum absolute atomic E-state index is 12.7. The Morgan fingerprint density at radius 1 is 1.20 bits per heavy atom. The van der Waals surface area contributed by atoms with E-state index in [9.17, 15) is 4.79 Å². The summed E-state index contributed by atoms with van der Waals surface area (Å²) < 4.78 is 0. The number of hydrogen-bond donors (Lipinski definition) is 2. The summed E-state index contributed by atoms with van der Waals surface area (Å²) in [6.07, 6.45) is 1.72. The van der Waals surface area contributed by atoms with E-state index in [0.717, 1.165) is 16.5 Å². The van der Waals surface area contributed by atoms with Crippen LogP contribution in [0.2, 0.25) is 5.02 Å². The van der Waals surface area contributed by atoms with Crippen molar-refractivity contribution in [2.45, 2.75) is 6.92 Å². The van der Waals surface area contributed by atoms with Gasteiger partial charge in [0.1, 0.15) is 0 Å². The molecule has 0 aliphatic rings. The average Bonchev–Trinajstić information content (AvgIpc) is 2.86. The molecule has 0 atom stereocenters. The number of benzene rings is 2. The number of nitrogens with one attached hydrogen (secondary N) is 1. The quantitative estimate of drug-likeness (QED) is 0.553. The zero-order chi connectivity index (χ0) is 14.3. The van der Waals surface area contributed by atoms with Gasteiger partial charge in [-0.15, -0.1) is 0 Å². The number of nitrogens with two attached hydrogens (primary N) is 1. The first-order valence-corrected chi connectivity index (χ1v) is 6.62. The van der Waals surface area contributed by atoms with Gasteiger partial charge in [0, 0.05) is 33.9 Å². The van der Waals surface area contributed by atoms with Gasteiger partial charge in [-0.05, 0) is 36.8 Å². The predicted molar refractivity (Wildman–Crippen MR) is 82.3 cm³/mol. The van der Waals surface area contributed by atoms with Crippen LogP contribution in [0.5, 0.6) is 0 Å². The molecule has 4 heteroatoms. The normalized spacial score (nSPS) is 10.9. The number of H-pyrrole nitrogens is 1. The van der Waals surface area contributed by atoms with Gasteiger partial charge in [-0.2, -0.15) is 0 Å². The van der Waals surface area contributed by atoms with E-state index in [-0.39, 0.29) is 5.78 Å². The molecule has 3 aromatic rings. The van der Waals surface area contributed by atoms with Crippen molar-refractivity contribution in [3.8, 4) is 0 Å². The van der Waals surface area contributed by atoms with Gasteiger partial charge in [-0.3, -0.25) is 4.79 Å². The zero-order valence-electron chi connectivity index (χ0n) is 10.9. The fourth-order valence-electron chi connectivity index (χ4n) is 2.41. The number of anilines is 1. The van der Waals surface area contributed by atoms with Crippen LogP contribution in [-0.2, 0) is 0 Å². The first-order valence-electron chi connectivity index (χ1n) is 6.24. The molecule has 0 aliphatic carbocycles. The average molecular weight is 285 g/mol. The van der Waals surface area contributed by atoms with Crippen molar-refractivity contribution in [1.29, 1.82) is 0 Å². The SMILES string of the molecule is Cc1cccc2[nH]cc(C(=O)c3cc(N)ccc3Cl)c12. The van der Waals surface area contributed by atoms with Crippen LogP contribution in [0.1, 0.15) is 21.5 Å². The van der Waals surface area contributed by atoms with E-state index in [2.05, 4.69) is 4.98 Å². The van der Waals surface area contributed by atoms with Crippen molar-refractivity contribution in [2.24, 2.45) is 0 Å². The van der Waals surface area contributed by atoms with Crippen molar-refractivity contribution < 1.29 is 4.79 Å². The van der Waals surface area contributed by atoms with Crippen molar-refractivity contribution in [3.05, 3.63) is 64.3 Å². The summed E-state index contributed by atoms with van der Waals surface area (Å²) in [6.45, 7) is 1.98. The predicted octanol–water partition coefficient (Wildman–Crippen LogP) is 3.94. The molecule has 0 aliphatic heterocycles. The van der Waals surface area contributed by atoms with Crippen LogP contribution >= 0.6 is 11.6 Å². The molecule has 2 aromatic carbocycles. The number of carbonyl (C=O) groups excluding carboxylic acids is 1. The molecule has 1 aromatic heterocycles. The maximum atomic E-state index is 12.7. The van der Waals surface area contributed by atoms with Gasteiger partial charge in [0.15, 0.2) is 5.78 Å². The van der Waals surface area contributed by atoms with E-state index >= 15 is 0 Å². The number of carbonyl (C=O) groups is 1. The van der Waals surface area contributed by atoms with Gasteiger partial charge >= 0.3 is 0 Å². The van der Waals surface area contributed by atoms with Crippen LogP contribution < -0.4 is 5.73 Å². The molecule has 0 saturated heterocycles. The number of aromatic amines is 1. The summed E-state index contributed by atoms with van der Waals surface area (Å²) in [7, 11) is 0. The summed E-state index contributed by atoms with van der Waals surface area (Å²) in [4.78, 5) is 15.8. The number of hydrogen-bond acceptors (Lipinski definition) is 2. The molecule has 0 bridgehead atoms. The molecule has 100 valence electrons. The first-order chi connectivity index (χ1) is 9.58. The van der Waals surface area contributed by atoms with Crippen molar-refractivity contribution in [2.75, 3.05) is 5.73 Å². The topological polar surface area (TPSA) is 58.9 Å². The van der Waals surface area contributed by atoms with Gasteiger partial charge in [-0.1, -0.05) is 23.7 Å². The highest BCUT2D eigenvalue weighted by molar-refractivity contribution is 6.35. The van der Waals surface area contributed by atoms with Crippen LogP contribution in [0, 0.1) is 6.92 Å². The smallest absolute Gasteiger partial charge is 0.196 e. The summed E-state index contributed by atoms with van der Waals surface area (Å²) in [5.41, 5.74) is 9.29. The van der Waals surface area contributed by atoms with E-state index in [1.807, 2.05) is 25.1 Å². The molecule has 0 radical (unpaired) electrons. The van der Waals surface area contributed by atoms with Crippen molar-refractivity contribution in [1.82, 2.24) is 4.98 Å². The Balaban J connectivity index is 2.21. The Bertz CT molecular complexity index is 820. The lowest BCUT2D eigenvalue weighted by Crippen LogP contribution is -2.03. The maximum Gasteiger partial charge on any atom is 0.196 e. The Morgan fingerprint density at radius 3 is 2.80 bits per heavy atom. The van der Waals surface area contributed by atoms with Crippen LogP contribution in [0.3, 0.4) is 0 Å². The molecule has 0 amide bonds. The van der Waals surface area contributed by atoms with E-state index in [1.54, 1.807) is 24.4 Å². The largest absolute Gasteiger partial charge is 0.399 e. The highest BCUT2D eigenvalue weighted by atomic mass is 35.5. The third-order valence-electron chi connectivity index (χ3n) is 3.39. The lowest BCUT2D eigenvalue weighted by atomic mass is 9.99. The van der Waals surface area contributed by atoms with Crippen LogP contribution in [-0.4, -0.2) is 10.8 Å². The van der Waals surface area contributed by atoms with E-state index in [1.165, 1.54) is 0 Å². The number of nitrogen functional groups attached to an aromatic ring is 1. The molecule has 3 nitrogen and oxygen atoms in total. The second kappa shape index (κ2) is 4.69. The molecular formula is C16H13ClN2O. The summed E-state index contributed by atoms with van der Waals surface area (Å²) in [6, 6.07) is 10.8. The summed E-state index contributed by atoms with van der Waals surface area (Å²) in [5.74, 6) is -0.122. The molecule has 0 spiro atoms. The number of rotatable bonds is 2. The number of halogens is 1. The van der Waals surface area contributed by atoms with Crippen LogP contribution in [0.4, 0.5) is 5.69 Å². The Kier molecular flexibility index (Phi) is 2.99. The lowest BCUT2D eigenvalue weighted by Gasteiger charge is -2.05. The van der Waals surface area contributed by atoms with Gasteiger partial charge in [-0.25, -0.2) is 0 Å². The third kappa shape index (κ3) is 1.96. The molecule has 0 unspecified atom stereocenters. The molecule has 3 rings (SSSR count). The number of ketones is 1. The van der Waals surface area contributed by atoms with Gasteiger partial charge in [0.05, 0.1) is 5.02 Å². The number of aryl methyl sites for hydroxylation is 1. The fourth-order valence-corrected chi connectivity index (χ4v) is 2.61. The van der Waals surface area contributed by atoms with E-state index in [0.29, 0.717) is 21.8 Å². The monoisotopic (exact) mass is 284 g/mol. The van der Waals surface area contributed by atoms with E-state index < -0.39 is 0 Å². The molecule has 0 saturated carbocycles. The summed E-state index contributed by atoms with van der Waals surface area (Å²) in [5, 5.41) is 1.34. The highest BCUT2D eigenvalue weighted by Gasteiger charge is 2.18. The standard InChI is InChI=1S/C16H13ClN2O/c1-9-3-2-4-14-15(9)12(8-19-14)16(20)11-7-10(18)5-6-13(11)17/h2-8,19H,18H2,1H3. The van der Waals surface area contributed by atoms with Crippen molar-refractivity contribution in [3.63, 3.8) is 0 Å². The molecular weight excluding hydrogens is 272 g/mol. The fraction of sp³-hybridized carbons (Fsp3) is 0.0625. The van der Waals surface area contributed by atoms with Gasteiger partial charge in [0.25, 0.3) is 0 Å². The van der Waals surface area contributed by atoms with Gasteiger partial charge < -0.3 is 10.7 Å². The highest BCUT2D eigenvalue weighted by Crippen LogP contribution is 2.27. The zero-order valence-corrected chi connectivity index (χ0v) is 11.7.